The zero-order valence-corrected chi connectivity index (χ0v) is 37.8. The Hall–Kier alpha value is -3.47. The van der Waals surface area contributed by atoms with Crippen molar-refractivity contribution in [1.82, 2.24) is 0 Å². The molecule has 13 N–H and O–H groups in total. The van der Waals surface area contributed by atoms with Crippen molar-refractivity contribution in [2.75, 3.05) is 0 Å². The summed E-state index contributed by atoms with van der Waals surface area (Å²) in [6.45, 7) is 6.73. The Labute approximate surface area is 381 Å². The fraction of sp³-hybridized carbons (Fsp3) is 0.681. The van der Waals surface area contributed by atoms with Crippen molar-refractivity contribution in [2.45, 2.75) is 184 Å². The number of carboxylic acids is 1. The second-order valence-corrected chi connectivity index (χ2v) is 17.4. The van der Waals surface area contributed by atoms with Crippen LogP contribution in [-0.4, -0.2) is 166 Å². The Morgan fingerprint density at radius 2 is 1.18 bits per heavy atom. The lowest BCUT2D eigenvalue weighted by molar-refractivity contribution is -0.277. The second kappa shape index (κ2) is 30.0. The summed E-state index contributed by atoms with van der Waals surface area (Å²) in [5, 5.41) is 116. The number of Topliss-reactive ketones (excluding diaryl/α,β-unsaturated/α-hetero) is 1. The largest absolute Gasteiger partial charge is 0.481 e. The second-order valence-electron chi connectivity index (χ2n) is 17.4. The third-order valence-electron chi connectivity index (χ3n) is 11.7. The number of hydrogen-bond donors (Lipinski definition) is 12. The van der Waals surface area contributed by atoms with E-state index in [9.17, 15) is 70.6 Å². The number of ketones is 1. The number of ether oxygens (including phenoxy) is 3. The highest BCUT2D eigenvalue weighted by molar-refractivity contribution is 5.81. The number of hydrogen-bond acceptors (Lipinski definition) is 17. The van der Waals surface area contributed by atoms with Gasteiger partial charge in [0, 0.05) is 31.1 Å². The van der Waals surface area contributed by atoms with E-state index in [2.05, 4.69) is 0 Å². The molecule has 65 heavy (non-hydrogen) atoms. The third-order valence-corrected chi connectivity index (χ3v) is 11.7. The predicted molar refractivity (Wildman–Crippen MR) is 238 cm³/mol. The van der Waals surface area contributed by atoms with Gasteiger partial charge < -0.3 is 76.1 Å². The summed E-state index contributed by atoms with van der Waals surface area (Å²) < 4.78 is 17.0. The van der Waals surface area contributed by atoms with Gasteiger partial charge in [0.25, 0.3) is 0 Å². The molecule has 0 amide bonds. The summed E-state index contributed by atoms with van der Waals surface area (Å²) in [5.41, 5.74) is 5.96. The normalized spacial score (nSPS) is 42.5. The number of carbonyl (C=O) groups is 3. The molecule has 0 bridgehead atoms. The van der Waals surface area contributed by atoms with Crippen molar-refractivity contribution < 1.29 is 84.8 Å². The van der Waals surface area contributed by atoms with Crippen LogP contribution in [0, 0.1) is 17.8 Å². The molecule has 18 atom stereocenters. The average molecular weight is 926 g/mol. The van der Waals surface area contributed by atoms with Crippen LogP contribution < -0.4 is 5.73 Å². The van der Waals surface area contributed by atoms with Crippen LogP contribution in [0.2, 0.25) is 0 Å². The Morgan fingerprint density at radius 3 is 1.83 bits per heavy atom. The molecule has 0 aromatic carbocycles. The van der Waals surface area contributed by atoms with Crippen molar-refractivity contribution in [3.8, 4) is 0 Å². The standard InChI is InChI=1S/C47H75NO17/c1-27-17-15-13-11-9-7-5-6-8-10-12-14-16-18-35(65-47-45(60)42(48)44(59)30(4)64-47)26-39(56)41(46(61)62)38(55)24-34(52)23-37(54)36(53)20-19-31(49)21-32(50)22-33(51)25-40(57)63-29(3)28(2)43(27)58/h5-6,8,10-18,27-33,35-39,41-45,47,49-51,53-56,58-60H,7,9,19-26,48H2,1-4H3,(H,61,62)/b6-5+,10-8+,13-11+,14-12+,17-15+,18-16+/t27-,28-,29-,30-,31+,32+,33+,35+,36-,37+,38-,39+,41-,42+,43-,44-,45+,47+/m1/s1. The molecular weight excluding hydrogens is 851 g/mol. The number of aliphatic carboxylic acids is 1. The molecule has 1 saturated heterocycles. The molecule has 1 fully saturated rings. The number of aliphatic hydroxyl groups excluding tert-OH is 10. The van der Waals surface area contributed by atoms with E-state index in [4.69, 9.17) is 19.9 Å². The van der Waals surface area contributed by atoms with Gasteiger partial charge >= 0.3 is 11.9 Å². The molecule has 2 rings (SSSR count). The summed E-state index contributed by atoms with van der Waals surface area (Å²) >= 11 is 0. The molecule has 370 valence electrons. The van der Waals surface area contributed by atoms with Gasteiger partial charge in [-0.3, -0.25) is 14.4 Å². The molecule has 0 aliphatic carbocycles. The van der Waals surface area contributed by atoms with Crippen LogP contribution >= 0.6 is 0 Å². The van der Waals surface area contributed by atoms with Crippen molar-refractivity contribution in [3.05, 3.63) is 72.9 Å². The fourth-order valence-electron chi connectivity index (χ4n) is 7.45. The maximum atomic E-state index is 12.9. The molecule has 0 unspecified atom stereocenters. The fourth-order valence-corrected chi connectivity index (χ4v) is 7.45. The third kappa shape index (κ3) is 21.4. The van der Waals surface area contributed by atoms with Crippen LogP contribution in [0.5, 0.6) is 0 Å². The predicted octanol–water partition coefficient (Wildman–Crippen LogP) is 0.778. The molecule has 0 aromatic heterocycles. The minimum absolute atomic E-state index is 0.144. The van der Waals surface area contributed by atoms with Crippen LogP contribution in [0.3, 0.4) is 0 Å². The first kappa shape index (κ1) is 57.7. The van der Waals surface area contributed by atoms with E-state index >= 15 is 0 Å². The minimum atomic E-state index is -1.95. The first-order valence-corrected chi connectivity index (χ1v) is 22.4. The highest BCUT2D eigenvalue weighted by atomic mass is 16.7. The SMILES string of the molecule is C[C@H]1[C@H](O)[C@H](C)/C=C/C=C/CC/C=C/C=C/C=C/C=C/[C@H](O[C@@H]2O[C@H](C)[C@@H](O)[C@H](N)[C@@H]2O)C[C@H](O)[C@H](C(=O)O)[C@H](O)CC(=O)C[C@H](O)[C@H](O)CC[C@H](O)C[C@H](O)C[C@H](O)CC(=O)O[C@@H]1C. The molecule has 2 heterocycles. The zero-order valence-electron chi connectivity index (χ0n) is 37.8. The lowest BCUT2D eigenvalue weighted by atomic mass is 9.88. The smallest absolute Gasteiger partial charge is 0.311 e. The van der Waals surface area contributed by atoms with Crippen molar-refractivity contribution >= 4 is 17.7 Å². The average Bonchev–Trinajstić information content (AvgIpc) is 3.22. The molecule has 18 nitrogen and oxygen atoms in total. The lowest BCUT2D eigenvalue weighted by Gasteiger charge is -2.41. The summed E-state index contributed by atoms with van der Waals surface area (Å²) in [6.07, 6.45) is 0.848. The molecule has 0 spiro atoms. The summed E-state index contributed by atoms with van der Waals surface area (Å²) in [4.78, 5) is 37.8. The Morgan fingerprint density at radius 1 is 0.615 bits per heavy atom. The zero-order chi connectivity index (χ0) is 48.8. The molecule has 2 aliphatic rings. The maximum Gasteiger partial charge on any atom is 0.311 e. The summed E-state index contributed by atoms with van der Waals surface area (Å²) in [5.74, 6) is -5.88. The van der Waals surface area contributed by atoms with Crippen LogP contribution in [0.4, 0.5) is 0 Å². The van der Waals surface area contributed by atoms with Crippen LogP contribution in [0.25, 0.3) is 0 Å². The number of carboxylic acid groups (broad SMARTS) is 1. The topological polar surface area (TPSA) is 327 Å². The van der Waals surface area contributed by atoms with Crippen molar-refractivity contribution in [3.63, 3.8) is 0 Å². The Balaban J connectivity index is 2.26. The van der Waals surface area contributed by atoms with E-state index in [1.165, 1.54) is 13.0 Å². The molecular formula is C47H75NO17. The molecule has 2 aliphatic heterocycles. The highest BCUT2D eigenvalue weighted by Gasteiger charge is 2.43. The minimum Gasteiger partial charge on any atom is -0.481 e. The first-order chi connectivity index (χ1) is 30.6. The number of aliphatic hydroxyl groups is 10. The first-order valence-electron chi connectivity index (χ1n) is 22.4. The van der Waals surface area contributed by atoms with Gasteiger partial charge in [0.1, 0.15) is 23.9 Å². The maximum absolute atomic E-state index is 12.9. The van der Waals surface area contributed by atoms with Crippen LogP contribution in [-0.2, 0) is 28.6 Å². The van der Waals surface area contributed by atoms with Gasteiger partial charge in [-0.05, 0) is 52.4 Å². The number of nitrogens with two attached hydrogens (primary N) is 1. The van der Waals surface area contributed by atoms with Crippen molar-refractivity contribution in [2.24, 2.45) is 23.5 Å². The molecule has 18 heteroatoms. The molecule has 0 aromatic rings. The summed E-state index contributed by atoms with van der Waals surface area (Å²) in [6, 6.07) is -1.15. The van der Waals surface area contributed by atoms with Crippen LogP contribution in [0.1, 0.15) is 91.9 Å². The van der Waals surface area contributed by atoms with Gasteiger partial charge in [0.15, 0.2) is 6.29 Å². The van der Waals surface area contributed by atoms with Gasteiger partial charge in [0.05, 0.1) is 79.6 Å². The molecule has 0 radical (unpaired) electrons. The van der Waals surface area contributed by atoms with Crippen molar-refractivity contribution in [1.29, 1.82) is 0 Å². The Bertz CT molecular complexity index is 1600. The van der Waals surface area contributed by atoms with E-state index in [0.717, 1.165) is 12.8 Å². The van der Waals surface area contributed by atoms with Gasteiger partial charge in [0.2, 0.25) is 0 Å². The van der Waals surface area contributed by atoms with Crippen LogP contribution in [0.15, 0.2) is 72.9 Å². The van der Waals surface area contributed by atoms with Gasteiger partial charge in [-0.2, -0.15) is 0 Å². The summed E-state index contributed by atoms with van der Waals surface area (Å²) in [7, 11) is 0. The Kier molecular flexibility index (Phi) is 26.6. The van der Waals surface area contributed by atoms with E-state index in [0.29, 0.717) is 0 Å². The number of cyclic esters (lactones) is 1. The number of allylic oxidation sites excluding steroid dienone is 10. The van der Waals surface area contributed by atoms with Gasteiger partial charge in [-0.25, -0.2) is 0 Å². The van der Waals surface area contributed by atoms with E-state index < -0.39 is 147 Å². The number of esters is 1. The highest BCUT2D eigenvalue weighted by Crippen LogP contribution is 2.26. The van der Waals surface area contributed by atoms with E-state index in [-0.39, 0.29) is 31.6 Å². The van der Waals surface area contributed by atoms with E-state index in [1.54, 1.807) is 44.2 Å². The lowest BCUT2D eigenvalue weighted by Crippen LogP contribution is -2.61. The molecule has 0 saturated carbocycles. The van der Waals surface area contributed by atoms with Gasteiger partial charge in [-0.15, -0.1) is 0 Å². The van der Waals surface area contributed by atoms with Gasteiger partial charge in [-0.1, -0.05) is 86.8 Å². The monoisotopic (exact) mass is 926 g/mol. The quantitative estimate of drug-likeness (QED) is 0.174. The van der Waals surface area contributed by atoms with E-state index in [1.807, 2.05) is 43.4 Å². The number of carbonyl (C=O) groups excluding carboxylic acids is 2. The number of rotatable bonds is 3.